The van der Waals surface area contributed by atoms with Gasteiger partial charge in [-0.05, 0) is 43.0 Å². The Morgan fingerprint density at radius 1 is 1.11 bits per heavy atom. The number of aryl methyl sites for hydroxylation is 2. The van der Waals surface area contributed by atoms with E-state index in [0.29, 0.717) is 12.0 Å². The van der Waals surface area contributed by atoms with Crippen LogP contribution < -0.4 is 0 Å². The molecule has 18 heavy (non-hydrogen) atoms. The van der Waals surface area contributed by atoms with Crippen molar-refractivity contribution in [3.8, 4) is 0 Å². The molecule has 0 radical (unpaired) electrons. The van der Waals surface area contributed by atoms with Crippen molar-refractivity contribution in [2.24, 2.45) is 0 Å². The van der Waals surface area contributed by atoms with E-state index in [-0.39, 0.29) is 5.82 Å². The topological polar surface area (TPSA) is 20.2 Å². The standard InChI is InChI=1S/C16H17FO/c1-12-4-2-5-13(10-12)8-9-16(18)14-6-3-7-15(17)11-14/h2-7,10-11,16,18H,8-9H2,1H3. The minimum absolute atomic E-state index is 0.304. The summed E-state index contributed by atoms with van der Waals surface area (Å²) in [5.41, 5.74) is 3.06. The summed E-state index contributed by atoms with van der Waals surface area (Å²) in [5, 5.41) is 10.0. The van der Waals surface area contributed by atoms with Crippen LogP contribution in [0.2, 0.25) is 0 Å². The molecule has 0 heterocycles. The van der Waals surface area contributed by atoms with Gasteiger partial charge in [-0.3, -0.25) is 0 Å². The summed E-state index contributed by atoms with van der Waals surface area (Å²) in [7, 11) is 0. The number of aliphatic hydroxyl groups excluding tert-OH is 1. The van der Waals surface area contributed by atoms with Crippen LogP contribution in [0, 0.1) is 12.7 Å². The lowest BCUT2D eigenvalue weighted by molar-refractivity contribution is 0.167. The molecule has 0 aliphatic heterocycles. The first-order valence-corrected chi connectivity index (χ1v) is 6.14. The molecule has 0 amide bonds. The van der Waals surface area contributed by atoms with Crippen molar-refractivity contribution in [1.82, 2.24) is 0 Å². The maximum absolute atomic E-state index is 13.0. The summed E-state index contributed by atoms with van der Waals surface area (Å²) in [4.78, 5) is 0. The SMILES string of the molecule is Cc1cccc(CCC(O)c2cccc(F)c2)c1. The van der Waals surface area contributed by atoms with Gasteiger partial charge in [0, 0.05) is 0 Å². The Hall–Kier alpha value is -1.67. The lowest BCUT2D eigenvalue weighted by Gasteiger charge is -2.11. The molecule has 0 fully saturated rings. The van der Waals surface area contributed by atoms with Crippen LogP contribution in [-0.4, -0.2) is 5.11 Å². The molecule has 1 N–H and O–H groups in total. The first kappa shape index (κ1) is 12.8. The summed E-state index contributed by atoms with van der Waals surface area (Å²) >= 11 is 0. The molecule has 1 atom stereocenters. The van der Waals surface area contributed by atoms with Crippen molar-refractivity contribution < 1.29 is 9.50 Å². The average Bonchev–Trinajstić information content (AvgIpc) is 2.36. The van der Waals surface area contributed by atoms with Crippen LogP contribution in [0.25, 0.3) is 0 Å². The monoisotopic (exact) mass is 244 g/mol. The molecule has 0 saturated heterocycles. The van der Waals surface area contributed by atoms with Crippen LogP contribution in [0.4, 0.5) is 4.39 Å². The molecule has 1 unspecified atom stereocenters. The number of rotatable bonds is 4. The van der Waals surface area contributed by atoms with E-state index in [2.05, 4.69) is 6.07 Å². The molecule has 94 valence electrons. The normalized spacial score (nSPS) is 12.4. The molecule has 2 aromatic carbocycles. The van der Waals surface area contributed by atoms with Crippen LogP contribution in [-0.2, 0) is 6.42 Å². The van der Waals surface area contributed by atoms with Gasteiger partial charge < -0.3 is 5.11 Å². The van der Waals surface area contributed by atoms with Crippen LogP contribution in [0.1, 0.15) is 29.2 Å². The Morgan fingerprint density at radius 2 is 1.89 bits per heavy atom. The molecule has 0 saturated carbocycles. The maximum atomic E-state index is 13.0. The zero-order valence-corrected chi connectivity index (χ0v) is 10.4. The van der Waals surface area contributed by atoms with E-state index in [4.69, 9.17) is 0 Å². The highest BCUT2D eigenvalue weighted by Crippen LogP contribution is 2.20. The van der Waals surface area contributed by atoms with Gasteiger partial charge in [-0.2, -0.15) is 0 Å². The largest absolute Gasteiger partial charge is 0.388 e. The van der Waals surface area contributed by atoms with E-state index in [1.54, 1.807) is 12.1 Å². The quantitative estimate of drug-likeness (QED) is 0.867. The van der Waals surface area contributed by atoms with Crippen LogP contribution >= 0.6 is 0 Å². The Labute approximate surface area is 107 Å². The maximum Gasteiger partial charge on any atom is 0.123 e. The number of benzene rings is 2. The second-order valence-electron chi connectivity index (χ2n) is 4.60. The molecule has 2 rings (SSSR count). The minimum Gasteiger partial charge on any atom is -0.388 e. The third kappa shape index (κ3) is 3.41. The number of hydrogen-bond donors (Lipinski definition) is 1. The third-order valence-electron chi connectivity index (χ3n) is 3.02. The van der Waals surface area contributed by atoms with Crippen molar-refractivity contribution >= 4 is 0 Å². The van der Waals surface area contributed by atoms with E-state index >= 15 is 0 Å². The van der Waals surface area contributed by atoms with Gasteiger partial charge >= 0.3 is 0 Å². The fourth-order valence-electron chi connectivity index (χ4n) is 2.05. The summed E-state index contributed by atoms with van der Waals surface area (Å²) < 4.78 is 13.0. The number of aliphatic hydroxyl groups is 1. The van der Waals surface area contributed by atoms with Crippen molar-refractivity contribution in [2.45, 2.75) is 25.9 Å². The van der Waals surface area contributed by atoms with E-state index in [1.165, 1.54) is 23.3 Å². The summed E-state index contributed by atoms with van der Waals surface area (Å²) in [6.45, 7) is 2.05. The highest BCUT2D eigenvalue weighted by molar-refractivity contribution is 5.23. The number of hydrogen-bond acceptors (Lipinski definition) is 1. The molecule has 2 aromatic rings. The van der Waals surface area contributed by atoms with Gasteiger partial charge in [-0.15, -0.1) is 0 Å². The Bertz CT molecular complexity index is 522. The van der Waals surface area contributed by atoms with Crippen molar-refractivity contribution in [1.29, 1.82) is 0 Å². The lowest BCUT2D eigenvalue weighted by atomic mass is 10.0. The lowest BCUT2D eigenvalue weighted by Crippen LogP contribution is -2.00. The van der Waals surface area contributed by atoms with Gasteiger partial charge in [-0.1, -0.05) is 42.0 Å². The molecule has 0 bridgehead atoms. The van der Waals surface area contributed by atoms with Gasteiger partial charge in [-0.25, -0.2) is 4.39 Å². The van der Waals surface area contributed by atoms with Gasteiger partial charge in [0.25, 0.3) is 0 Å². The van der Waals surface area contributed by atoms with E-state index in [1.807, 2.05) is 25.1 Å². The van der Waals surface area contributed by atoms with Crippen molar-refractivity contribution in [3.63, 3.8) is 0 Å². The second kappa shape index (κ2) is 5.78. The van der Waals surface area contributed by atoms with Gasteiger partial charge in [0.05, 0.1) is 6.10 Å². The Balaban J connectivity index is 1.98. The average molecular weight is 244 g/mol. The molecule has 0 spiro atoms. The summed E-state index contributed by atoms with van der Waals surface area (Å²) in [5.74, 6) is -0.304. The van der Waals surface area contributed by atoms with E-state index < -0.39 is 6.10 Å². The molecule has 1 nitrogen and oxygen atoms in total. The zero-order chi connectivity index (χ0) is 13.0. The first-order valence-electron chi connectivity index (χ1n) is 6.14. The predicted molar refractivity (Wildman–Crippen MR) is 70.9 cm³/mol. The van der Waals surface area contributed by atoms with Crippen molar-refractivity contribution in [2.75, 3.05) is 0 Å². The second-order valence-corrected chi connectivity index (χ2v) is 4.60. The minimum atomic E-state index is -0.610. The van der Waals surface area contributed by atoms with E-state index in [0.717, 1.165) is 6.42 Å². The summed E-state index contributed by atoms with van der Waals surface area (Å²) in [6.07, 6.45) is 0.785. The fraction of sp³-hybridized carbons (Fsp3) is 0.250. The van der Waals surface area contributed by atoms with Crippen LogP contribution in [0.5, 0.6) is 0 Å². The zero-order valence-electron chi connectivity index (χ0n) is 10.4. The van der Waals surface area contributed by atoms with Gasteiger partial charge in [0.15, 0.2) is 0 Å². The van der Waals surface area contributed by atoms with Crippen molar-refractivity contribution in [3.05, 3.63) is 71.0 Å². The molecule has 2 heteroatoms. The first-order chi connectivity index (χ1) is 8.65. The molecule has 0 aliphatic rings. The van der Waals surface area contributed by atoms with Gasteiger partial charge in [0.2, 0.25) is 0 Å². The van der Waals surface area contributed by atoms with Gasteiger partial charge in [0.1, 0.15) is 5.82 Å². The predicted octanol–water partition coefficient (Wildman–Crippen LogP) is 3.80. The number of halogens is 1. The highest BCUT2D eigenvalue weighted by atomic mass is 19.1. The Morgan fingerprint density at radius 3 is 2.61 bits per heavy atom. The molecule has 0 aromatic heterocycles. The van der Waals surface area contributed by atoms with Crippen LogP contribution in [0.15, 0.2) is 48.5 Å². The molecule has 0 aliphatic carbocycles. The molecular weight excluding hydrogens is 227 g/mol. The fourth-order valence-corrected chi connectivity index (χ4v) is 2.05. The van der Waals surface area contributed by atoms with Crippen LogP contribution in [0.3, 0.4) is 0 Å². The van der Waals surface area contributed by atoms with E-state index in [9.17, 15) is 9.50 Å². The summed E-state index contributed by atoms with van der Waals surface area (Å²) in [6, 6.07) is 14.4. The Kier molecular flexibility index (Phi) is 4.11. The smallest absolute Gasteiger partial charge is 0.123 e. The highest BCUT2D eigenvalue weighted by Gasteiger charge is 2.08. The third-order valence-corrected chi connectivity index (χ3v) is 3.02. The molecular formula is C16H17FO.